The number of halogens is 1. The number of benzene rings is 2. The Kier molecular flexibility index (Phi) is 4.37. The Balaban J connectivity index is 2.36. The van der Waals surface area contributed by atoms with Crippen molar-refractivity contribution in [2.24, 2.45) is 5.73 Å². The van der Waals surface area contributed by atoms with Gasteiger partial charge in [-0.1, -0.05) is 48.0 Å². The monoisotopic (exact) mass is 261 g/mol. The fourth-order valence-corrected chi connectivity index (χ4v) is 2.18. The molecule has 0 radical (unpaired) electrons. The maximum Gasteiger partial charge on any atom is 0.0484 e. The van der Waals surface area contributed by atoms with E-state index in [1.54, 1.807) is 0 Å². The first kappa shape index (κ1) is 13.1. The summed E-state index contributed by atoms with van der Waals surface area (Å²) in [5.41, 5.74) is 9.06. The molecule has 0 saturated heterocycles. The van der Waals surface area contributed by atoms with Crippen LogP contribution in [0.4, 0.5) is 0 Å². The van der Waals surface area contributed by atoms with Crippen LogP contribution in [-0.4, -0.2) is 11.7 Å². The van der Waals surface area contributed by atoms with Gasteiger partial charge in [-0.25, -0.2) is 0 Å². The molecule has 18 heavy (non-hydrogen) atoms. The highest BCUT2D eigenvalue weighted by Gasteiger charge is 2.08. The summed E-state index contributed by atoms with van der Waals surface area (Å²) in [4.78, 5) is 0. The van der Waals surface area contributed by atoms with Crippen molar-refractivity contribution in [3.05, 3.63) is 59.1 Å². The van der Waals surface area contributed by atoms with E-state index in [4.69, 9.17) is 22.4 Å². The predicted molar refractivity (Wildman–Crippen MR) is 75.5 cm³/mol. The average Bonchev–Trinajstić information content (AvgIpc) is 2.40. The molecule has 0 amide bonds. The highest BCUT2D eigenvalue weighted by Crippen LogP contribution is 2.29. The third kappa shape index (κ3) is 2.91. The summed E-state index contributed by atoms with van der Waals surface area (Å²) >= 11 is 6.18. The molecule has 0 aliphatic heterocycles. The van der Waals surface area contributed by atoms with Gasteiger partial charge in [0.05, 0.1) is 0 Å². The molecule has 0 saturated carbocycles. The van der Waals surface area contributed by atoms with Gasteiger partial charge in [0.2, 0.25) is 0 Å². The zero-order valence-corrected chi connectivity index (χ0v) is 10.8. The van der Waals surface area contributed by atoms with Crippen molar-refractivity contribution in [1.82, 2.24) is 0 Å². The van der Waals surface area contributed by atoms with Crippen molar-refractivity contribution in [3.8, 4) is 11.1 Å². The minimum absolute atomic E-state index is 0.0947. The first-order valence-electron chi connectivity index (χ1n) is 5.93. The molecule has 0 aliphatic carbocycles. The number of nitrogens with two attached hydrogens (primary N) is 1. The Bertz CT molecular complexity index is 527. The number of hydrogen-bond acceptors (Lipinski definition) is 2. The molecule has 1 unspecified atom stereocenters. The van der Waals surface area contributed by atoms with Crippen LogP contribution < -0.4 is 5.73 Å². The molecular weight excluding hydrogens is 246 g/mol. The summed E-state index contributed by atoms with van der Waals surface area (Å²) in [7, 11) is 0. The molecule has 2 aromatic carbocycles. The number of hydrogen-bond donors (Lipinski definition) is 2. The van der Waals surface area contributed by atoms with Crippen LogP contribution in [0, 0.1) is 0 Å². The van der Waals surface area contributed by atoms with Gasteiger partial charge in [-0.3, -0.25) is 0 Å². The van der Waals surface area contributed by atoms with Gasteiger partial charge in [0.1, 0.15) is 0 Å². The lowest BCUT2D eigenvalue weighted by Gasteiger charge is -2.12. The summed E-state index contributed by atoms with van der Waals surface area (Å²) in [5.74, 6) is 0. The smallest absolute Gasteiger partial charge is 0.0484 e. The van der Waals surface area contributed by atoms with Gasteiger partial charge in [-0.2, -0.15) is 0 Å². The molecule has 0 spiro atoms. The van der Waals surface area contributed by atoms with Crippen molar-refractivity contribution in [2.45, 2.75) is 12.5 Å². The zero-order chi connectivity index (χ0) is 13.0. The lowest BCUT2D eigenvalue weighted by atomic mass is 9.98. The Hall–Kier alpha value is -1.35. The molecule has 94 valence electrons. The van der Waals surface area contributed by atoms with Gasteiger partial charge in [-0.05, 0) is 29.7 Å². The molecule has 0 bridgehead atoms. The minimum atomic E-state index is -0.141. The van der Waals surface area contributed by atoms with E-state index in [0.29, 0.717) is 6.42 Å². The van der Waals surface area contributed by atoms with E-state index in [-0.39, 0.29) is 12.6 Å². The van der Waals surface area contributed by atoms with Crippen LogP contribution in [0.3, 0.4) is 0 Å². The SMILES string of the molecule is NC(CCO)c1cccc(-c2ccccc2Cl)c1. The summed E-state index contributed by atoms with van der Waals surface area (Å²) in [5, 5.41) is 9.65. The van der Waals surface area contributed by atoms with Gasteiger partial charge in [0, 0.05) is 23.2 Å². The lowest BCUT2D eigenvalue weighted by molar-refractivity contribution is 0.276. The third-order valence-electron chi connectivity index (χ3n) is 2.94. The molecule has 2 nitrogen and oxygen atoms in total. The van der Waals surface area contributed by atoms with E-state index >= 15 is 0 Å². The van der Waals surface area contributed by atoms with E-state index in [1.165, 1.54) is 0 Å². The van der Waals surface area contributed by atoms with E-state index < -0.39 is 0 Å². The topological polar surface area (TPSA) is 46.2 Å². The highest BCUT2D eigenvalue weighted by atomic mass is 35.5. The first-order valence-corrected chi connectivity index (χ1v) is 6.31. The maximum atomic E-state index is 8.93. The first-order chi connectivity index (χ1) is 8.72. The van der Waals surface area contributed by atoms with E-state index in [0.717, 1.165) is 21.7 Å². The van der Waals surface area contributed by atoms with Crippen molar-refractivity contribution < 1.29 is 5.11 Å². The number of aliphatic hydroxyl groups is 1. The van der Waals surface area contributed by atoms with Gasteiger partial charge in [0.15, 0.2) is 0 Å². The van der Waals surface area contributed by atoms with Crippen LogP contribution in [0.1, 0.15) is 18.0 Å². The molecule has 2 aromatic rings. The summed E-state index contributed by atoms with van der Waals surface area (Å²) in [6.07, 6.45) is 0.561. The number of rotatable bonds is 4. The summed E-state index contributed by atoms with van der Waals surface area (Å²) in [6, 6.07) is 15.6. The molecule has 0 aromatic heterocycles. The Labute approximate surface area is 112 Å². The summed E-state index contributed by atoms with van der Waals surface area (Å²) < 4.78 is 0. The standard InChI is InChI=1S/C15H16ClNO/c16-14-7-2-1-6-13(14)11-4-3-5-12(10-11)15(17)8-9-18/h1-7,10,15,18H,8-9,17H2. The molecule has 2 rings (SSSR count). The minimum Gasteiger partial charge on any atom is -0.396 e. The van der Waals surface area contributed by atoms with Crippen molar-refractivity contribution in [3.63, 3.8) is 0 Å². The summed E-state index contributed by atoms with van der Waals surface area (Å²) in [6.45, 7) is 0.0947. The van der Waals surface area contributed by atoms with Gasteiger partial charge in [0.25, 0.3) is 0 Å². The fourth-order valence-electron chi connectivity index (χ4n) is 1.94. The van der Waals surface area contributed by atoms with Crippen LogP contribution in [0.2, 0.25) is 5.02 Å². The quantitative estimate of drug-likeness (QED) is 0.886. The van der Waals surface area contributed by atoms with Gasteiger partial charge in [-0.15, -0.1) is 0 Å². The third-order valence-corrected chi connectivity index (χ3v) is 3.27. The predicted octanol–water partition coefficient (Wildman–Crippen LogP) is 3.39. The number of aliphatic hydroxyl groups excluding tert-OH is 1. The van der Waals surface area contributed by atoms with Gasteiger partial charge < -0.3 is 10.8 Å². The van der Waals surface area contributed by atoms with Gasteiger partial charge >= 0.3 is 0 Å². The maximum absolute atomic E-state index is 8.93. The van der Waals surface area contributed by atoms with Crippen molar-refractivity contribution in [2.75, 3.05) is 6.61 Å². The Morgan fingerprint density at radius 2 is 1.89 bits per heavy atom. The molecule has 3 heteroatoms. The average molecular weight is 262 g/mol. The van der Waals surface area contributed by atoms with Crippen LogP contribution >= 0.6 is 11.6 Å². The van der Waals surface area contributed by atoms with Crippen molar-refractivity contribution in [1.29, 1.82) is 0 Å². The van der Waals surface area contributed by atoms with Crippen LogP contribution in [0.15, 0.2) is 48.5 Å². The molecule has 3 N–H and O–H groups in total. The Morgan fingerprint density at radius 3 is 2.61 bits per heavy atom. The molecule has 0 aliphatic rings. The second-order valence-electron chi connectivity index (χ2n) is 4.22. The largest absolute Gasteiger partial charge is 0.396 e. The van der Waals surface area contributed by atoms with E-state index in [9.17, 15) is 0 Å². The highest BCUT2D eigenvalue weighted by molar-refractivity contribution is 6.33. The van der Waals surface area contributed by atoms with Crippen LogP contribution in [-0.2, 0) is 0 Å². The molecule has 0 fully saturated rings. The van der Waals surface area contributed by atoms with E-state index in [2.05, 4.69) is 0 Å². The van der Waals surface area contributed by atoms with Crippen molar-refractivity contribution >= 4 is 11.6 Å². The normalized spacial score (nSPS) is 12.4. The fraction of sp³-hybridized carbons (Fsp3) is 0.200. The van der Waals surface area contributed by atoms with Crippen LogP contribution in [0.25, 0.3) is 11.1 Å². The van der Waals surface area contributed by atoms with Crippen LogP contribution in [0.5, 0.6) is 0 Å². The lowest BCUT2D eigenvalue weighted by Crippen LogP contribution is -2.11. The zero-order valence-electron chi connectivity index (χ0n) is 10.0. The Morgan fingerprint density at radius 1 is 1.11 bits per heavy atom. The molecule has 1 atom stereocenters. The molecular formula is C15H16ClNO. The second-order valence-corrected chi connectivity index (χ2v) is 4.63. The molecule has 0 heterocycles. The van der Waals surface area contributed by atoms with E-state index in [1.807, 2.05) is 48.5 Å². The second kappa shape index (κ2) is 6.01.